The highest BCUT2D eigenvalue weighted by molar-refractivity contribution is 5.46. The van der Waals surface area contributed by atoms with Crippen molar-refractivity contribution >= 4 is 0 Å². The Bertz CT molecular complexity index is 366. The Morgan fingerprint density at radius 3 is 2.18 bits per heavy atom. The molecule has 1 unspecified atom stereocenters. The second-order valence-corrected chi connectivity index (χ2v) is 4.01. The molecule has 0 aliphatic rings. The molecule has 4 heteroatoms. The monoisotopic (exact) mass is 239 g/mol. The summed E-state index contributed by atoms with van der Waals surface area (Å²) in [7, 11) is 3.20. The molecular weight excluding hydrogens is 218 g/mol. The van der Waals surface area contributed by atoms with Gasteiger partial charge in [0.1, 0.15) is 11.5 Å². The minimum atomic E-state index is -0.0698. The van der Waals surface area contributed by atoms with Gasteiger partial charge < -0.3 is 20.3 Å². The summed E-state index contributed by atoms with van der Waals surface area (Å²) in [6.45, 7) is 1.98. The average molecular weight is 239 g/mol. The SMILES string of the molecule is CCC(N)Cc1cc(OC)c(CO)cc1OC. The third-order valence-electron chi connectivity index (χ3n) is 2.86. The Balaban J connectivity index is 3.09. The highest BCUT2D eigenvalue weighted by Crippen LogP contribution is 2.29. The van der Waals surface area contributed by atoms with Crippen LogP contribution in [0.1, 0.15) is 24.5 Å². The number of rotatable bonds is 6. The van der Waals surface area contributed by atoms with Crippen LogP contribution in [0.4, 0.5) is 0 Å². The number of aliphatic hydroxyl groups is 1. The molecule has 0 amide bonds. The van der Waals surface area contributed by atoms with Crippen molar-refractivity contribution in [3.05, 3.63) is 23.3 Å². The van der Waals surface area contributed by atoms with Crippen LogP contribution in [-0.4, -0.2) is 25.4 Å². The first-order chi connectivity index (χ1) is 8.15. The summed E-state index contributed by atoms with van der Waals surface area (Å²) in [4.78, 5) is 0. The summed E-state index contributed by atoms with van der Waals surface area (Å²) in [5.74, 6) is 1.42. The lowest BCUT2D eigenvalue weighted by molar-refractivity contribution is 0.272. The zero-order chi connectivity index (χ0) is 12.8. The first-order valence-electron chi connectivity index (χ1n) is 5.76. The van der Waals surface area contributed by atoms with Gasteiger partial charge in [0.25, 0.3) is 0 Å². The third-order valence-corrected chi connectivity index (χ3v) is 2.86. The molecule has 3 N–H and O–H groups in total. The number of hydrogen-bond acceptors (Lipinski definition) is 4. The van der Waals surface area contributed by atoms with E-state index in [1.165, 1.54) is 0 Å². The van der Waals surface area contributed by atoms with Crippen LogP contribution < -0.4 is 15.2 Å². The highest BCUT2D eigenvalue weighted by atomic mass is 16.5. The van der Waals surface area contributed by atoms with Crippen LogP contribution in [0.3, 0.4) is 0 Å². The molecule has 0 fully saturated rings. The topological polar surface area (TPSA) is 64.7 Å². The molecule has 96 valence electrons. The van der Waals surface area contributed by atoms with Gasteiger partial charge in [-0.2, -0.15) is 0 Å². The fraction of sp³-hybridized carbons (Fsp3) is 0.538. The number of ether oxygens (including phenoxy) is 2. The van der Waals surface area contributed by atoms with E-state index in [4.69, 9.17) is 15.2 Å². The predicted molar refractivity (Wildman–Crippen MR) is 67.4 cm³/mol. The molecule has 0 bridgehead atoms. The van der Waals surface area contributed by atoms with E-state index >= 15 is 0 Å². The minimum absolute atomic E-state index is 0.0698. The number of benzene rings is 1. The van der Waals surface area contributed by atoms with Crippen LogP contribution in [0.25, 0.3) is 0 Å². The molecule has 1 rings (SSSR count). The largest absolute Gasteiger partial charge is 0.496 e. The summed E-state index contributed by atoms with van der Waals surface area (Å²) in [6, 6.07) is 3.80. The summed E-state index contributed by atoms with van der Waals surface area (Å²) in [5, 5.41) is 9.23. The van der Waals surface area contributed by atoms with Crippen molar-refractivity contribution in [3.63, 3.8) is 0 Å². The van der Waals surface area contributed by atoms with Gasteiger partial charge in [0.2, 0.25) is 0 Å². The maximum absolute atomic E-state index is 9.23. The molecule has 0 aromatic heterocycles. The van der Waals surface area contributed by atoms with Gasteiger partial charge in [-0.1, -0.05) is 6.92 Å². The lowest BCUT2D eigenvalue weighted by atomic mass is 10.0. The molecule has 0 radical (unpaired) electrons. The lowest BCUT2D eigenvalue weighted by Gasteiger charge is -2.16. The smallest absolute Gasteiger partial charge is 0.124 e. The first kappa shape index (κ1) is 13.8. The van der Waals surface area contributed by atoms with Gasteiger partial charge in [-0.05, 0) is 30.5 Å². The molecule has 0 saturated carbocycles. The van der Waals surface area contributed by atoms with E-state index in [9.17, 15) is 5.11 Å². The van der Waals surface area contributed by atoms with Crippen LogP contribution in [-0.2, 0) is 13.0 Å². The van der Waals surface area contributed by atoms with Crippen LogP contribution in [0.15, 0.2) is 12.1 Å². The molecule has 4 nitrogen and oxygen atoms in total. The predicted octanol–water partition coefficient (Wildman–Crippen LogP) is 1.48. The Morgan fingerprint density at radius 2 is 1.71 bits per heavy atom. The van der Waals surface area contributed by atoms with Crippen molar-refractivity contribution in [2.24, 2.45) is 5.73 Å². The van der Waals surface area contributed by atoms with Crippen LogP contribution in [0.5, 0.6) is 11.5 Å². The third kappa shape index (κ3) is 3.35. The van der Waals surface area contributed by atoms with Gasteiger partial charge in [-0.25, -0.2) is 0 Å². The second kappa shape index (κ2) is 6.47. The molecule has 0 aliphatic heterocycles. The molecule has 1 aromatic carbocycles. The number of hydrogen-bond donors (Lipinski definition) is 2. The summed E-state index contributed by atoms with van der Waals surface area (Å²) < 4.78 is 10.5. The Morgan fingerprint density at radius 1 is 1.18 bits per heavy atom. The number of methoxy groups -OCH3 is 2. The molecule has 0 spiro atoms. The molecule has 0 aliphatic carbocycles. The van der Waals surface area contributed by atoms with Gasteiger partial charge in [0.15, 0.2) is 0 Å². The van der Waals surface area contributed by atoms with Crippen molar-refractivity contribution in [1.82, 2.24) is 0 Å². The fourth-order valence-electron chi connectivity index (χ4n) is 1.73. The van der Waals surface area contributed by atoms with Crippen molar-refractivity contribution in [3.8, 4) is 11.5 Å². The Labute approximate surface area is 102 Å². The van der Waals surface area contributed by atoms with Gasteiger partial charge in [0.05, 0.1) is 20.8 Å². The molecule has 1 atom stereocenters. The maximum atomic E-state index is 9.23. The lowest BCUT2D eigenvalue weighted by Crippen LogP contribution is -2.21. The fourth-order valence-corrected chi connectivity index (χ4v) is 1.73. The summed E-state index contributed by atoms with van der Waals surface area (Å²) in [5.41, 5.74) is 7.68. The van der Waals surface area contributed by atoms with Crippen LogP contribution >= 0.6 is 0 Å². The van der Waals surface area contributed by atoms with Gasteiger partial charge in [-0.15, -0.1) is 0 Å². The van der Waals surface area contributed by atoms with E-state index in [0.29, 0.717) is 5.75 Å². The van der Waals surface area contributed by atoms with E-state index in [0.717, 1.165) is 29.7 Å². The number of aliphatic hydroxyl groups excluding tert-OH is 1. The van der Waals surface area contributed by atoms with Crippen LogP contribution in [0.2, 0.25) is 0 Å². The van der Waals surface area contributed by atoms with E-state index in [2.05, 4.69) is 6.92 Å². The average Bonchev–Trinajstić information content (AvgIpc) is 2.37. The molecular formula is C13H21NO3. The van der Waals surface area contributed by atoms with E-state index in [-0.39, 0.29) is 12.6 Å². The molecule has 0 heterocycles. The standard InChI is InChI=1S/C13H21NO3/c1-4-11(14)5-9-6-13(17-3)10(8-15)7-12(9)16-2/h6-7,11,15H,4-5,8,14H2,1-3H3. The van der Waals surface area contributed by atoms with Gasteiger partial charge in [0, 0.05) is 11.6 Å². The van der Waals surface area contributed by atoms with Crippen LogP contribution in [0, 0.1) is 0 Å². The van der Waals surface area contributed by atoms with Gasteiger partial charge >= 0.3 is 0 Å². The van der Waals surface area contributed by atoms with Crippen molar-refractivity contribution in [2.75, 3.05) is 14.2 Å². The quantitative estimate of drug-likeness (QED) is 0.789. The maximum Gasteiger partial charge on any atom is 0.124 e. The normalized spacial score (nSPS) is 12.3. The zero-order valence-corrected chi connectivity index (χ0v) is 10.7. The molecule has 1 aromatic rings. The highest BCUT2D eigenvalue weighted by Gasteiger charge is 2.12. The second-order valence-electron chi connectivity index (χ2n) is 4.01. The first-order valence-corrected chi connectivity index (χ1v) is 5.76. The molecule has 0 saturated heterocycles. The summed E-state index contributed by atoms with van der Waals surface area (Å²) >= 11 is 0. The van der Waals surface area contributed by atoms with E-state index in [1.54, 1.807) is 20.3 Å². The summed E-state index contributed by atoms with van der Waals surface area (Å²) in [6.07, 6.45) is 1.65. The van der Waals surface area contributed by atoms with E-state index in [1.807, 2.05) is 6.07 Å². The number of nitrogens with two attached hydrogens (primary N) is 1. The molecule has 17 heavy (non-hydrogen) atoms. The van der Waals surface area contributed by atoms with Crippen molar-refractivity contribution in [2.45, 2.75) is 32.4 Å². The Kier molecular flexibility index (Phi) is 5.25. The zero-order valence-electron chi connectivity index (χ0n) is 10.7. The Hall–Kier alpha value is -1.26. The van der Waals surface area contributed by atoms with Gasteiger partial charge in [-0.3, -0.25) is 0 Å². The minimum Gasteiger partial charge on any atom is -0.496 e. The van der Waals surface area contributed by atoms with Crippen molar-refractivity contribution in [1.29, 1.82) is 0 Å². The van der Waals surface area contributed by atoms with Crippen molar-refractivity contribution < 1.29 is 14.6 Å². The van der Waals surface area contributed by atoms with E-state index < -0.39 is 0 Å².